The van der Waals surface area contributed by atoms with Gasteiger partial charge < -0.3 is 9.47 Å². The average Bonchev–Trinajstić information content (AvgIpc) is 2.50. The third kappa shape index (κ3) is 1.04. The van der Waals surface area contributed by atoms with Crippen molar-refractivity contribution in [3.63, 3.8) is 0 Å². The summed E-state index contributed by atoms with van der Waals surface area (Å²) in [5.74, 6) is 1.74. The minimum Gasteiger partial charge on any atom is -0.496 e. The van der Waals surface area contributed by atoms with Gasteiger partial charge in [-0.05, 0) is 12.1 Å². The van der Waals surface area contributed by atoms with E-state index in [1.165, 1.54) is 0 Å². The molecule has 1 aromatic rings. The number of rotatable bonds is 1. The number of hydrogen-bond donors (Lipinski definition) is 0. The molecule has 0 aliphatic carbocycles. The molecule has 0 fully saturated rings. The van der Waals surface area contributed by atoms with Gasteiger partial charge in [-0.25, -0.2) is 0 Å². The highest BCUT2D eigenvalue weighted by atomic mass is 16.5. The van der Waals surface area contributed by atoms with Gasteiger partial charge in [0.1, 0.15) is 11.5 Å². The van der Waals surface area contributed by atoms with Crippen LogP contribution in [0.15, 0.2) is 12.1 Å². The summed E-state index contributed by atoms with van der Waals surface area (Å²) in [4.78, 5) is 0. The first-order valence-corrected chi connectivity index (χ1v) is 3.62. The van der Waals surface area contributed by atoms with Crippen LogP contribution in [0, 0.1) is 6.07 Å². The Hall–Kier alpha value is -1.18. The van der Waals surface area contributed by atoms with E-state index in [1.54, 1.807) is 7.11 Å². The molecule has 0 spiro atoms. The van der Waals surface area contributed by atoms with Crippen LogP contribution in [0.3, 0.4) is 0 Å². The molecule has 1 aliphatic rings. The zero-order valence-electron chi connectivity index (χ0n) is 6.39. The monoisotopic (exact) mass is 149 g/mol. The van der Waals surface area contributed by atoms with Crippen LogP contribution in [0.1, 0.15) is 5.56 Å². The van der Waals surface area contributed by atoms with Crippen molar-refractivity contribution in [3.05, 3.63) is 23.8 Å². The topological polar surface area (TPSA) is 18.5 Å². The minimum absolute atomic E-state index is 0.777. The Labute approximate surface area is 65.7 Å². The summed E-state index contributed by atoms with van der Waals surface area (Å²) in [7, 11) is 1.65. The molecule has 2 nitrogen and oxygen atoms in total. The molecule has 0 atom stereocenters. The molecule has 0 saturated carbocycles. The van der Waals surface area contributed by atoms with E-state index in [9.17, 15) is 0 Å². The van der Waals surface area contributed by atoms with Gasteiger partial charge in [-0.2, -0.15) is 0 Å². The lowest BCUT2D eigenvalue weighted by Crippen LogP contribution is -1.85. The third-order valence-corrected chi connectivity index (χ3v) is 1.79. The van der Waals surface area contributed by atoms with Gasteiger partial charge in [0.05, 0.1) is 13.7 Å². The SMILES string of the molecule is COc1[c]c2c(cc1)OCC2. The van der Waals surface area contributed by atoms with E-state index in [0.717, 1.165) is 30.1 Å². The van der Waals surface area contributed by atoms with E-state index in [2.05, 4.69) is 6.07 Å². The van der Waals surface area contributed by atoms with Crippen molar-refractivity contribution in [3.8, 4) is 11.5 Å². The molecule has 2 heteroatoms. The van der Waals surface area contributed by atoms with Crippen molar-refractivity contribution in [2.24, 2.45) is 0 Å². The lowest BCUT2D eigenvalue weighted by atomic mass is 10.2. The van der Waals surface area contributed by atoms with Gasteiger partial charge in [0.15, 0.2) is 0 Å². The fourth-order valence-corrected chi connectivity index (χ4v) is 1.21. The summed E-state index contributed by atoms with van der Waals surface area (Å²) in [6, 6.07) is 6.92. The lowest BCUT2D eigenvalue weighted by molar-refractivity contribution is 0.356. The van der Waals surface area contributed by atoms with Crippen LogP contribution in [0.4, 0.5) is 0 Å². The molecule has 0 unspecified atom stereocenters. The van der Waals surface area contributed by atoms with Gasteiger partial charge in [-0.1, -0.05) is 0 Å². The fourth-order valence-electron chi connectivity index (χ4n) is 1.21. The molecular weight excluding hydrogens is 140 g/mol. The van der Waals surface area contributed by atoms with Crippen molar-refractivity contribution in [2.75, 3.05) is 13.7 Å². The Bertz CT molecular complexity index is 268. The number of fused-ring (bicyclic) bond motifs is 1. The molecule has 1 aliphatic heterocycles. The maximum atomic E-state index is 5.31. The maximum absolute atomic E-state index is 5.31. The average molecular weight is 149 g/mol. The number of benzene rings is 1. The third-order valence-electron chi connectivity index (χ3n) is 1.79. The van der Waals surface area contributed by atoms with E-state index in [1.807, 2.05) is 12.1 Å². The summed E-state index contributed by atoms with van der Waals surface area (Å²) in [5.41, 5.74) is 1.13. The molecule has 1 aromatic carbocycles. The van der Waals surface area contributed by atoms with Crippen molar-refractivity contribution < 1.29 is 9.47 Å². The Balaban J connectivity index is 2.41. The summed E-state index contributed by atoms with van der Waals surface area (Å²) in [5, 5.41) is 0. The van der Waals surface area contributed by atoms with E-state index in [-0.39, 0.29) is 0 Å². The molecule has 0 N–H and O–H groups in total. The molecule has 0 aromatic heterocycles. The van der Waals surface area contributed by atoms with Crippen LogP contribution < -0.4 is 9.47 Å². The quantitative estimate of drug-likeness (QED) is 0.601. The van der Waals surface area contributed by atoms with Crippen LogP contribution >= 0.6 is 0 Å². The predicted molar refractivity (Wildman–Crippen MR) is 41.0 cm³/mol. The summed E-state index contributed by atoms with van der Waals surface area (Å²) in [6.07, 6.45) is 0.951. The van der Waals surface area contributed by atoms with E-state index in [4.69, 9.17) is 9.47 Å². The summed E-state index contributed by atoms with van der Waals surface area (Å²) >= 11 is 0. The van der Waals surface area contributed by atoms with Crippen molar-refractivity contribution >= 4 is 0 Å². The highest BCUT2D eigenvalue weighted by Crippen LogP contribution is 2.27. The second-order valence-corrected chi connectivity index (χ2v) is 2.47. The first-order valence-electron chi connectivity index (χ1n) is 3.62. The first kappa shape index (κ1) is 6.53. The molecule has 57 valence electrons. The van der Waals surface area contributed by atoms with Gasteiger partial charge in [-0.3, -0.25) is 0 Å². The molecule has 11 heavy (non-hydrogen) atoms. The highest BCUT2D eigenvalue weighted by molar-refractivity contribution is 5.41. The van der Waals surface area contributed by atoms with Crippen LogP contribution in [0.25, 0.3) is 0 Å². The van der Waals surface area contributed by atoms with Crippen LogP contribution in [-0.4, -0.2) is 13.7 Å². The lowest BCUT2D eigenvalue weighted by Gasteiger charge is -2.00. The van der Waals surface area contributed by atoms with E-state index < -0.39 is 0 Å². The van der Waals surface area contributed by atoms with E-state index >= 15 is 0 Å². The predicted octanol–water partition coefficient (Wildman–Crippen LogP) is 1.43. The Morgan fingerprint density at radius 3 is 3.27 bits per heavy atom. The second kappa shape index (κ2) is 2.46. The summed E-state index contributed by atoms with van der Waals surface area (Å²) in [6.45, 7) is 0.777. The Morgan fingerprint density at radius 2 is 2.45 bits per heavy atom. The van der Waals surface area contributed by atoms with Gasteiger partial charge in [0.25, 0.3) is 0 Å². The maximum Gasteiger partial charge on any atom is 0.127 e. The molecular formula is C9H9O2. The molecule has 1 radical (unpaired) electrons. The number of hydrogen-bond acceptors (Lipinski definition) is 2. The molecule has 0 bridgehead atoms. The highest BCUT2D eigenvalue weighted by Gasteiger charge is 2.12. The zero-order valence-corrected chi connectivity index (χ0v) is 6.39. The Kier molecular flexibility index (Phi) is 1.46. The van der Waals surface area contributed by atoms with Crippen LogP contribution in [0.2, 0.25) is 0 Å². The number of methoxy groups -OCH3 is 1. The second-order valence-electron chi connectivity index (χ2n) is 2.47. The molecule has 0 saturated heterocycles. The molecule has 0 amide bonds. The number of ether oxygens (including phenoxy) is 2. The van der Waals surface area contributed by atoms with Crippen LogP contribution in [-0.2, 0) is 6.42 Å². The smallest absolute Gasteiger partial charge is 0.127 e. The normalized spacial score (nSPS) is 13.9. The standard InChI is InChI=1S/C9H9O2/c1-10-8-2-3-9-7(6-8)4-5-11-9/h2-3H,4-5H2,1H3. The van der Waals surface area contributed by atoms with Crippen molar-refractivity contribution in [1.29, 1.82) is 0 Å². The van der Waals surface area contributed by atoms with Gasteiger partial charge in [-0.15, -0.1) is 0 Å². The van der Waals surface area contributed by atoms with Crippen molar-refractivity contribution in [1.82, 2.24) is 0 Å². The van der Waals surface area contributed by atoms with Gasteiger partial charge in [0, 0.05) is 18.1 Å². The van der Waals surface area contributed by atoms with E-state index in [0.29, 0.717) is 0 Å². The van der Waals surface area contributed by atoms with Gasteiger partial charge >= 0.3 is 0 Å². The van der Waals surface area contributed by atoms with Gasteiger partial charge in [0.2, 0.25) is 0 Å². The largest absolute Gasteiger partial charge is 0.496 e. The zero-order chi connectivity index (χ0) is 7.68. The van der Waals surface area contributed by atoms with Crippen molar-refractivity contribution in [2.45, 2.75) is 6.42 Å². The summed E-state index contributed by atoms with van der Waals surface area (Å²) < 4.78 is 10.3. The minimum atomic E-state index is 0.777. The first-order chi connectivity index (χ1) is 5.40. The molecule has 1 heterocycles. The Morgan fingerprint density at radius 1 is 1.55 bits per heavy atom. The fraction of sp³-hybridized carbons (Fsp3) is 0.333. The molecule has 2 rings (SSSR count). The van der Waals surface area contributed by atoms with Crippen LogP contribution in [0.5, 0.6) is 11.5 Å².